The zero-order chi connectivity index (χ0) is 23.1. The van der Waals surface area contributed by atoms with E-state index < -0.39 is 29.0 Å². The Morgan fingerprint density at radius 2 is 1.29 bits per heavy atom. The van der Waals surface area contributed by atoms with Crippen molar-refractivity contribution in [2.24, 2.45) is 0 Å². The maximum atomic E-state index is 12.5. The maximum Gasteiger partial charge on any atom is 0.336 e. The van der Waals surface area contributed by atoms with Crippen LogP contribution in [-0.4, -0.2) is 51.0 Å². The highest BCUT2D eigenvalue weighted by Gasteiger charge is 2.13. The van der Waals surface area contributed by atoms with Crippen molar-refractivity contribution in [2.45, 2.75) is 77.8 Å². The van der Waals surface area contributed by atoms with Crippen LogP contribution in [0.3, 0.4) is 0 Å². The zero-order valence-corrected chi connectivity index (χ0v) is 18.1. The number of esters is 2. The highest BCUT2D eigenvalue weighted by atomic mass is 16.5. The lowest BCUT2D eigenvalue weighted by molar-refractivity contribution is -0.144. The van der Waals surface area contributed by atoms with Gasteiger partial charge in [-0.3, -0.25) is 14.6 Å². The maximum absolute atomic E-state index is 12.5. The Hall–Kier alpha value is -2.69. The number of aliphatic hydroxyl groups excluding tert-OH is 1. The summed E-state index contributed by atoms with van der Waals surface area (Å²) in [5.41, 5.74) is -2.76. The molecule has 0 spiro atoms. The third-order valence-corrected chi connectivity index (χ3v) is 4.57. The lowest BCUT2D eigenvalue weighted by Gasteiger charge is -2.09. The number of nitrogens with one attached hydrogen (secondary N) is 1. The number of unbranched alkanes of at least 4 members (excludes halogenated alkanes) is 5. The molecule has 0 unspecified atom stereocenters. The summed E-state index contributed by atoms with van der Waals surface area (Å²) in [5, 5.41) is 8.69. The second-order valence-corrected chi connectivity index (χ2v) is 7.11. The number of H-pyrrole nitrogens is 1. The van der Waals surface area contributed by atoms with Gasteiger partial charge in [-0.1, -0.05) is 26.2 Å². The first-order valence-corrected chi connectivity index (χ1v) is 10.8. The highest BCUT2D eigenvalue weighted by molar-refractivity contribution is 5.69. The van der Waals surface area contributed by atoms with E-state index in [2.05, 4.69) is 6.92 Å². The van der Waals surface area contributed by atoms with Gasteiger partial charge in [-0.15, -0.1) is 0 Å². The molecule has 11 heteroatoms. The second-order valence-electron chi connectivity index (χ2n) is 7.11. The van der Waals surface area contributed by atoms with Gasteiger partial charge in [0.25, 0.3) is 0 Å². The molecule has 1 aromatic heterocycles. The molecule has 0 aromatic carbocycles. The molecule has 11 nitrogen and oxygen atoms in total. The van der Waals surface area contributed by atoms with Gasteiger partial charge in [-0.25, -0.2) is 23.5 Å². The van der Waals surface area contributed by atoms with Crippen LogP contribution in [0, 0.1) is 0 Å². The van der Waals surface area contributed by atoms with E-state index in [4.69, 9.17) is 14.6 Å². The smallest absolute Gasteiger partial charge is 0.336 e. The summed E-state index contributed by atoms with van der Waals surface area (Å²) in [6.45, 7) is 2.12. The Morgan fingerprint density at radius 1 is 0.806 bits per heavy atom. The number of rotatable bonds is 16. The average molecular weight is 443 g/mol. The van der Waals surface area contributed by atoms with Crippen molar-refractivity contribution < 1.29 is 24.2 Å². The molecule has 0 radical (unpaired) electrons. The number of carbonyl (C=O) groups is 2. The Labute approximate surface area is 180 Å². The minimum absolute atomic E-state index is 0.0754. The highest BCUT2D eigenvalue weighted by Crippen LogP contribution is 2.00. The van der Waals surface area contributed by atoms with E-state index in [9.17, 15) is 24.0 Å². The number of aromatic nitrogens is 3. The van der Waals surface area contributed by atoms with E-state index >= 15 is 0 Å². The summed E-state index contributed by atoms with van der Waals surface area (Å²) in [5.74, 6) is -1.12. The standard InChI is InChI=1S/C20H33N3O8/c1-2-3-4-7-14-30-16(25)9-11-22-18(27)21-19(28)23(20(22)29)12-10-17(26)31-15-8-5-6-13-24/h24H,2-15H2,1H3,(H,21,27,28). The molecule has 0 bridgehead atoms. The summed E-state index contributed by atoms with van der Waals surface area (Å²) >= 11 is 0. The van der Waals surface area contributed by atoms with Crippen molar-refractivity contribution in [3.63, 3.8) is 0 Å². The van der Waals surface area contributed by atoms with Crippen LogP contribution in [0.25, 0.3) is 0 Å². The van der Waals surface area contributed by atoms with Crippen LogP contribution < -0.4 is 17.1 Å². The molecule has 0 aliphatic carbocycles. The fourth-order valence-electron chi connectivity index (χ4n) is 2.78. The Kier molecular flexibility index (Phi) is 12.9. The molecule has 176 valence electrons. The van der Waals surface area contributed by atoms with Crippen molar-refractivity contribution in [3.05, 3.63) is 31.5 Å². The predicted octanol–water partition coefficient (Wildman–Crippen LogP) is 0.308. The van der Waals surface area contributed by atoms with Crippen LogP contribution in [0.2, 0.25) is 0 Å². The zero-order valence-electron chi connectivity index (χ0n) is 18.1. The van der Waals surface area contributed by atoms with Gasteiger partial charge in [0.15, 0.2) is 0 Å². The van der Waals surface area contributed by atoms with Gasteiger partial charge in [0.05, 0.1) is 26.1 Å². The molecule has 0 atom stereocenters. The van der Waals surface area contributed by atoms with E-state index in [-0.39, 0.29) is 45.8 Å². The fraction of sp³-hybridized carbons (Fsp3) is 0.750. The molecule has 2 N–H and O–H groups in total. The first-order chi connectivity index (χ1) is 14.9. The monoisotopic (exact) mass is 443 g/mol. The Balaban J connectivity index is 2.59. The van der Waals surface area contributed by atoms with E-state index in [0.717, 1.165) is 41.2 Å². The Morgan fingerprint density at radius 3 is 1.74 bits per heavy atom. The molecule has 1 aromatic rings. The summed E-state index contributed by atoms with van der Waals surface area (Å²) in [7, 11) is 0. The van der Waals surface area contributed by atoms with Gasteiger partial charge in [0, 0.05) is 19.7 Å². The number of aliphatic hydroxyl groups is 1. The third kappa shape index (κ3) is 10.3. The lowest BCUT2D eigenvalue weighted by atomic mass is 10.2. The van der Waals surface area contributed by atoms with Crippen LogP contribution in [0.4, 0.5) is 0 Å². The largest absolute Gasteiger partial charge is 0.466 e. The van der Waals surface area contributed by atoms with Crippen molar-refractivity contribution in [2.75, 3.05) is 19.8 Å². The van der Waals surface area contributed by atoms with Gasteiger partial charge < -0.3 is 14.6 Å². The van der Waals surface area contributed by atoms with Gasteiger partial charge in [0.1, 0.15) is 0 Å². The summed E-state index contributed by atoms with van der Waals surface area (Å²) < 4.78 is 11.5. The lowest BCUT2D eigenvalue weighted by Crippen LogP contribution is -2.49. The van der Waals surface area contributed by atoms with Gasteiger partial charge >= 0.3 is 29.0 Å². The Bertz CT molecular complexity index is 790. The van der Waals surface area contributed by atoms with Crippen LogP contribution in [0.15, 0.2) is 14.4 Å². The van der Waals surface area contributed by atoms with Gasteiger partial charge in [-0.05, 0) is 25.7 Å². The van der Waals surface area contributed by atoms with Crippen LogP contribution in [-0.2, 0) is 32.2 Å². The normalized spacial score (nSPS) is 10.8. The van der Waals surface area contributed by atoms with Crippen molar-refractivity contribution in [1.29, 1.82) is 0 Å². The quantitative estimate of drug-likeness (QED) is 0.274. The SMILES string of the molecule is CCCCCCOC(=O)CCn1c(=O)[nH]c(=O)n(CCC(=O)OCCCCCO)c1=O. The van der Waals surface area contributed by atoms with Crippen molar-refractivity contribution in [1.82, 2.24) is 14.1 Å². The minimum atomic E-state index is -0.930. The van der Waals surface area contributed by atoms with E-state index in [1.807, 2.05) is 4.98 Å². The van der Waals surface area contributed by atoms with Crippen LogP contribution in [0.1, 0.15) is 64.7 Å². The topological polar surface area (TPSA) is 150 Å². The van der Waals surface area contributed by atoms with Crippen molar-refractivity contribution >= 4 is 11.9 Å². The summed E-state index contributed by atoms with van der Waals surface area (Å²) in [6, 6.07) is 0. The molecule has 0 saturated carbocycles. The number of hydrogen-bond donors (Lipinski definition) is 2. The minimum Gasteiger partial charge on any atom is -0.466 e. The number of hydrogen-bond acceptors (Lipinski definition) is 8. The molecular weight excluding hydrogens is 410 g/mol. The number of ether oxygens (including phenoxy) is 2. The molecule has 0 aliphatic rings. The molecular formula is C20H33N3O8. The molecule has 0 aliphatic heterocycles. The van der Waals surface area contributed by atoms with E-state index in [1.54, 1.807) is 0 Å². The number of aromatic amines is 1. The summed E-state index contributed by atoms with van der Waals surface area (Å²) in [4.78, 5) is 62.0. The second kappa shape index (κ2) is 15.2. The third-order valence-electron chi connectivity index (χ3n) is 4.57. The fourth-order valence-corrected chi connectivity index (χ4v) is 2.78. The number of nitrogens with zero attached hydrogens (tertiary/aromatic N) is 2. The van der Waals surface area contributed by atoms with Crippen LogP contribution >= 0.6 is 0 Å². The summed E-state index contributed by atoms with van der Waals surface area (Å²) in [6.07, 6.45) is 5.36. The average Bonchev–Trinajstić information content (AvgIpc) is 2.73. The van der Waals surface area contributed by atoms with E-state index in [1.165, 1.54) is 0 Å². The van der Waals surface area contributed by atoms with Crippen LogP contribution in [0.5, 0.6) is 0 Å². The first kappa shape index (κ1) is 26.3. The number of carbonyl (C=O) groups excluding carboxylic acids is 2. The van der Waals surface area contributed by atoms with E-state index in [0.29, 0.717) is 12.8 Å². The molecule has 0 saturated heterocycles. The molecule has 1 rings (SSSR count). The molecule has 0 fully saturated rings. The molecule has 1 heterocycles. The van der Waals surface area contributed by atoms with Crippen molar-refractivity contribution in [3.8, 4) is 0 Å². The first-order valence-electron chi connectivity index (χ1n) is 10.8. The molecule has 31 heavy (non-hydrogen) atoms. The predicted molar refractivity (Wildman–Crippen MR) is 112 cm³/mol. The van der Waals surface area contributed by atoms with Gasteiger partial charge in [-0.2, -0.15) is 0 Å². The van der Waals surface area contributed by atoms with Gasteiger partial charge in [0.2, 0.25) is 0 Å². The molecule has 0 amide bonds.